The number of hydrogen-bond acceptors (Lipinski definition) is 3. The number of H-pyrrole nitrogens is 1. The predicted molar refractivity (Wildman–Crippen MR) is 199 cm³/mol. The van der Waals surface area contributed by atoms with Gasteiger partial charge in [-0.1, -0.05) is 135 Å². The fourth-order valence-electron chi connectivity index (χ4n) is 6.27. The van der Waals surface area contributed by atoms with Crippen LogP contribution in [0.1, 0.15) is 136 Å². The van der Waals surface area contributed by atoms with E-state index in [1.54, 1.807) is 24.6 Å². The van der Waals surface area contributed by atoms with E-state index in [0.29, 0.717) is 11.0 Å². The van der Waals surface area contributed by atoms with Crippen molar-refractivity contribution in [2.45, 2.75) is 143 Å². The first-order valence-electron chi connectivity index (χ1n) is 18.1. The summed E-state index contributed by atoms with van der Waals surface area (Å²) >= 11 is 0. The highest BCUT2D eigenvalue weighted by Gasteiger charge is 2.34. The van der Waals surface area contributed by atoms with Crippen LogP contribution in [0.3, 0.4) is 0 Å². The maximum absolute atomic E-state index is 11.5. The third-order valence-corrected chi connectivity index (χ3v) is 14.8. The van der Waals surface area contributed by atoms with E-state index in [9.17, 15) is 13.0 Å². The first-order chi connectivity index (χ1) is 21.7. The minimum atomic E-state index is -4.38. The highest BCUT2D eigenvalue weighted by molar-refractivity contribution is 7.85. The van der Waals surface area contributed by atoms with E-state index in [-0.39, 0.29) is 0 Å². The molecule has 45 heavy (non-hydrogen) atoms. The molecule has 0 aliphatic heterocycles. The molecule has 1 heterocycles. The molecular weight excluding hydrogens is 595 g/mol. The van der Waals surface area contributed by atoms with Gasteiger partial charge in [-0.2, -0.15) is 8.42 Å². The SMILES string of the molecule is CCCCCCCCCc1ccc2[nH]c(S(=O)(=O)O)nc2c1-c1ccccc1.CCCC[P+](CCCC)(CCCC)CCCC. The van der Waals surface area contributed by atoms with Crippen LogP contribution in [0.15, 0.2) is 47.6 Å². The molecule has 5 nitrogen and oxygen atoms in total. The average molecular weight is 660 g/mol. The molecule has 0 saturated heterocycles. The van der Waals surface area contributed by atoms with Gasteiger partial charge in [0.25, 0.3) is 5.16 Å². The van der Waals surface area contributed by atoms with Crippen LogP contribution in [0.2, 0.25) is 0 Å². The van der Waals surface area contributed by atoms with Gasteiger partial charge >= 0.3 is 10.1 Å². The maximum Gasteiger partial charge on any atom is 0.328 e. The fourth-order valence-corrected chi connectivity index (χ4v) is 12.0. The van der Waals surface area contributed by atoms with Gasteiger partial charge in [-0.25, -0.2) is 4.98 Å². The number of rotatable bonds is 22. The van der Waals surface area contributed by atoms with Crippen molar-refractivity contribution in [3.63, 3.8) is 0 Å². The van der Waals surface area contributed by atoms with Crippen LogP contribution >= 0.6 is 7.26 Å². The fraction of sp³-hybridized carbons (Fsp3) is 0.658. The lowest BCUT2D eigenvalue weighted by Gasteiger charge is -2.28. The third kappa shape index (κ3) is 13.9. The Kier molecular flexibility index (Phi) is 19.2. The monoisotopic (exact) mass is 659 g/mol. The van der Waals surface area contributed by atoms with E-state index in [2.05, 4.69) is 44.6 Å². The lowest BCUT2D eigenvalue weighted by Crippen LogP contribution is -2.12. The van der Waals surface area contributed by atoms with Crippen LogP contribution in [-0.2, 0) is 16.5 Å². The van der Waals surface area contributed by atoms with E-state index >= 15 is 0 Å². The quantitative estimate of drug-likeness (QED) is 0.0639. The molecule has 0 fully saturated rings. The first-order valence-corrected chi connectivity index (χ1v) is 22.1. The van der Waals surface area contributed by atoms with Crippen molar-refractivity contribution < 1.29 is 13.0 Å². The number of fused-ring (bicyclic) bond motifs is 1. The molecule has 254 valence electrons. The Balaban J connectivity index is 0.000000358. The van der Waals surface area contributed by atoms with Gasteiger partial charge < -0.3 is 4.98 Å². The molecule has 7 heteroatoms. The molecule has 0 amide bonds. The molecule has 0 unspecified atom stereocenters. The molecule has 0 saturated carbocycles. The minimum Gasteiger partial charge on any atom is -0.327 e. The zero-order valence-electron chi connectivity index (χ0n) is 29.2. The molecule has 0 radical (unpaired) electrons. The normalized spacial score (nSPS) is 12.0. The van der Waals surface area contributed by atoms with E-state index < -0.39 is 22.5 Å². The van der Waals surface area contributed by atoms with Crippen molar-refractivity contribution in [2.75, 3.05) is 24.6 Å². The molecule has 2 N–H and O–H groups in total. The van der Waals surface area contributed by atoms with Crippen molar-refractivity contribution in [3.05, 3.63) is 48.0 Å². The van der Waals surface area contributed by atoms with Crippen molar-refractivity contribution in [1.82, 2.24) is 9.97 Å². The second kappa shape index (κ2) is 21.9. The van der Waals surface area contributed by atoms with Crippen LogP contribution in [0, 0.1) is 0 Å². The Bertz CT molecular complexity index is 1270. The molecule has 0 spiro atoms. The van der Waals surface area contributed by atoms with Gasteiger partial charge in [0.05, 0.1) is 35.7 Å². The standard InChI is InChI=1S/C22H28N2O3S.C16H36P/c1-2-3-4-5-6-7-9-14-18-15-16-19-21(24-22(23-19)28(25,26)27)20(18)17-12-10-8-11-13-17;1-5-9-13-17(14-10-6-2,15-11-7-3)16-12-8-4/h8,10-13,15-16H,2-7,9,14H2,1H3,(H,23,24)(H,25,26,27);5-16H2,1-4H3/q;+1. The van der Waals surface area contributed by atoms with Crippen LogP contribution in [0.4, 0.5) is 0 Å². The number of hydrogen-bond donors (Lipinski definition) is 2. The van der Waals surface area contributed by atoms with E-state index in [4.69, 9.17) is 0 Å². The number of aryl methyl sites for hydroxylation is 1. The summed E-state index contributed by atoms with van der Waals surface area (Å²) in [5.74, 6) is 0. The lowest BCUT2D eigenvalue weighted by molar-refractivity contribution is 0.476. The van der Waals surface area contributed by atoms with Crippen molar-refractivity contribution in [2.24, 2.45) is 0 Å². The van der Waals surface area contributed by atoms with Crippen molar-refractivity contribution in [1.29, 1.82) is 0 Å². The molecule has 0 bridgehead atoms. The Hall–Kier alpha value is -1.75. The van der Waals surface area contributed by atoms with E-state index in [1.807, 2.05) is 42.5 Å². The summed E-state index contributed by atoms with van der Waals surface area (Å²) in [6.07, 6.45) is 27.6. The van der Waals surface area contributed by atoms with Crippen LogP contribution in [0.25, 0.3) is 22.2 Å². The van der Waals surface area contributed by atoms with Gasteiger partial charge in [0.1, 0.15) is 0 Å². The molecule has 1 aromatic heterocycles. The molecule has 0 aliphatic rings. The van der Waals surface area contributed by atoms with Gasteiger partial charge in [-0.3, -0.25) is 4.55 Å². The molecule has 3 rings (SSSR count). The summed E-state index contributed by atoms with van der Waals surface area (Å²) < 4.78 is 32.4. The Morgan fingerprint density at radius 3 is 1.62 bits per heavy atom. The largest absolute Gasteiger partial charge is 0.328 e. The van der Waals surface area contributed by atoms with Gasteiger partial charge in [0, 0.05) is 12.8 Å². The predicted octanol–water partition coefficient (Wildman–Crippen LogP) is 12.0. The summed E-state index contributed by atoms with van der Waals surface area (Å²) in [4.78, 5) is 6.93. The second-order valence-corrected chi connectivity index (χ2v) is 18.7. The van der Waals surface area contributed by atoms with Crippen LogP contribution in [-0.4, -0.2) is 47.6 Å². The van der Waals surface area contributed by atoms with Gasteiger partial charge in [-0.15, -0.1) is 0 Å². The first kappa shape index (κ1) is 39.4. The number of nitrogens with one attached hydrogen (secondary N) is 1. The Morgan fingerprint density at radius 2 is 1.13 bits per heavy atom. The Morgan fingerprint density at radius 1 is 0.644 bits per heavy atom. The highest BCUT2D eigenvalue weighted by atomic mass is 32.2. The van der Waals surface area contributed by atoms with E-state index in [0.717, 1.165) is 29.5 Å². The lowest BCUT2D eigenvalue weighted by atomic mass is 9.94. The zero-order chi connectivity index (χ0) is 33.0. The summed E-state index contributed by atoms with van der Waals surface area (Å²) in [5, 5.41) is -0.409. The van der Waals surface area contributed by atoms with Gasteiger partial charge in [0.2, 0.25) is 0 Å². The van der Waals surface area contributed by atoms with Gasteiger partial charge in [0.15, 0.2) is 0 Å². The number of imidazole rings is 1. The molecule has 0 atom stereocenters. The highest BCUT2D eigenvalue weighted by Crippen LogP contribution is 2.61. The van der Waals surface area contributed by atoms with Crippen molar-refractivity contribution in [3.8, 4) is 11.1 Å². The summed E-state index contributed by atoms with van der Waals surface area (Å²) in [5.41, 5.74) is 4.28. The van der Waals surface area contributed by atoms with Gasteiger partial charge in [-0.05, 0) is 55.7 Å². The number of unbranched alkanes of at least 4 members (excludes halogenated alkanes) is 10. The molecule has 2 aromatic carbocycles. The summed E-state index contributed by atoms with van der Waals surface area (Å²) in [6, 6.07) is 13.8. The smallest absolute Gasteiger partial charge is 0.327 e. The Labute approximate surface area is 276 Å². The molecule has 3 aromatic rings. The van der Waals surface area contributed by atoms with Crippen LogP contribution in [0.5, 0.6) is 0 Å². The minimum absolute atomic E-state index is 0.409. The summed E-state index contributed by atoms with van der Waals surface area (Å²) in [6.45, 7) is 11.6. The topological polar surface area (TPSA) is 83.0 Å². The van der Waals surface area contributed by atoms with Crippen molar-refractivity contribution >= 4 is 28.4 Å². The number of aromatic amines is 1. The number of benzene rings is 2. The second-order valence-electron chi connectivity index (χ2n) is 12.9. The maximum atomic E-state index is 11.5. The average Bonchev–Trinajstić information content (AvgIpc) is 3.50. The van der Waals surface area contributed by atoms with E-state index in [1.165, 1.54) is 89.9 Å². The molecular formula is C38H64N2O3PS+. The number of aromatic nitrogens is 2. The third-order valence-electron chi connectivity index (χ3n) is 9.02. The number of nitrogens with zero attached hydrogens (tertiary/aromatic N) is 1. The molecule has 0 aliphatic carbocycles. The van der Waals surface area contributed by atoms with Crippen LogP contribution < -0.4 is 0 Å². The summed E-state index contributed by atoms with van der Waals surface area (Å²) in [7, 11) is -4.94. The zero-order valence-corrected chi connectivity index (χ0v) is 31.0.